The van der Waals surface area contributed by atoms with Gasteiger partial charge < -0.3 is 20.3 Å². The molecule has 0 spiro atoms. The third-order valence-electron chi connectivity index (χ3n) is 4.95. The third kappa shape index (κ3) is 5.66. The number of hydrogen-bond acceptors (Lipinski definition) is 7. The molecular weight excluding hydrogens is 422 g/mol. The van der Waals surface area contributed by atoms with E-state index in [-0.39, 0.29) is 5.91 Å². The number of aryl methyl sites for hydroxylation is 1. The maximum Gasteiger partial charge on any atom is 0.247 e. The van der Waals surface area contributed by atoms with E-state index in [1.807, 2.05) is 49.5 Å². The highest BCUT2D eigenvalue weighted by atomic mass is 32.2. The monoisotopic (exact) mass is 447 g/mol. The molecular formula is C24H25N5O2S. The van der Waals surface area contributed by atoms with Crippen molar-refractivity contribution in [1.29, 1.82) is 0 Å². The molecule has 8 heteroatoms. The normalized spacial score (nSPS) is 13.5. The maximum atomic E-state index is 11.4. The van der Waals surface area contributed by atoms with Gasteiger partial charge in [0, 0.05) is 46.8 Å². The Balaban J connectivity index is 1.42. The van der Waals surface area contributed by atoms with Gasteiger partial charge >= 0.3 is 0 Å². The van der Waals surface area contributed by atoms with Gasteiger partial charge in [0.1, 0.15) is 5.03 Å². The second kappa shape index (κ2) is 10.3. The van der Waals surface area contributed by atoms with E-state index in [0.29, 0.717) is 5.95 Å². The third-order valence-corrected chi connectivity index (χ3v) is 6.06. The topological polar surface area (TPSA) is 79.4 Å². The predicted octanol–water partition coefficient (Wildman–Crippen LogP) is 4.64. The number of nitrogens with one attached hydrogen (secondary N) is 2. The molecule has 1 amide bonds. The van der Waals surface area contributed by atoms with Gasteiger partial charge in [-0.2, -0.15) is 0 Å². The van der Waals surface area contributed by atoms with Gasteiger partial charge in [-0.1, -0.05) is 18.3 Å². The standard InChI is InChI=1S/C24H25N5O2S/c1-3-22(30)26-18-6-10-21(11-7-18)32-23-17(2)16-25-24(28-23)27-19-4-8-20(9-5-19)29-12-14-31-15-13-29/h3-11,16H,1,12-15H2,2H3,(H,26,30)(H,25,27,28). The van der Waals surface area contributed by atoms with Crippen molar-refractivity contribution >= 4 is 40.7 Å². The Hall–Kier alpha value is -3.36. The van der Waals surface area contributed by atoms with E-state index in [1.165, 1.54) is 11.8 Å². The quantitative estimate of drug-likeness (QED) is 0.403. The fraction of sp³-hybridized carbons (Fsp3) is 0.208. The van der Waals surface area contributed by atoms with E-state index in [1.54, 1.807) is 11.8 Å². The smallest absolute Gasteiger partial charge is 0.247 e. The van der Waals surface area contributed by atoms with Gasteiger partial charge in [-0.05, 0) is 61.5 Å². The van der Waals surface area contributed by atoms with Crippen LogP contribution in [0.4, 0.5) is 23.0 Å². The first-order chi connectivity index (χ1) is 15.6. The Bertz CT molecular complexity index is 1080. The Labute approximate surface area is 191 Å². The van der Waals surface area contributed by atoms with E-state index in [2.05, 4.69) is 39.2 Å². The lowest BCUT2D eigenvalue weighted by Gasteiger charge is -2.28. The number of amides is 1. The summed E-state index contributed by atoms with van der Waals surface area (Å²) >= 11 is 1.55. The molecule has 2 heterocycles. The number of benzene rings is 2. The molecule has 1 saturated heterocycles. The molecule has 4 rings (SSSR count). The summed E-state index contributed by atoms with van der Waals surface area (Å²) in [4.78, 5) is 23.9. The minimum atomic E-state index is -0.231. The SMILES string of the molecule is C=CC(=O)Nc1ccc(Sc2nc(Nc3ccc(N4CCOCC4)cc3)ncc2C)cc1. The number of carbonyl (C=O) groups is 1. The Morgan fingerprint density at radius 2 is 1.78 bits per heavy atom. The molecule has 0 atom stereocenters. The molecule has 0 bridgehead atoms. The van der Waals surface area contributed by atoms with Crippen molar-refractivity contribution in [1.82, 2.24) is 9.97 Å². The number of carbonyl (C=O) groups excluding carboxylic acids is 1. The van der Waals surface area contributed by atoms with Crippen LogP contribution in [0.5, 0.6) is 0 Å². The molecule has 1 aromatic heterocycles. The van der Waals surface area contributed by atoms with Gasteiger partial charge in [0.05, 0.1) is 13.2 Å². The predicted molar refractivity (Wildman–Crippen MR) is 129 cm³/mol. The van der Waals surface area contributed by atoms with E-state index < -0.39 is 0 Å². The Morgan fingerprint density at radius 3 is 2.47 bits per heavy atom. The van der Waals surface area contributed by atoms with Crippen molar-refractivity contribution < 1.29 is 9.53 Å². The summed E-state index contributed by atoms with van der Waals surface area (Å²) in [5.41, 5.74) is 3.84. The molecule has 0 saturated carbocycles. The van der Waals surface area contributed by atoms with Crippen LogP contribution in [0.1, 0.15) is 5.56 Å². The highest BCUT2D eigenvalue weighted by molar-refractivity contribution is 7.99. The average Bonchev–Trinajstić information content (AvgIpc) is 2.83. The Kier molecular flexibility index (Phi) is 7.03. The zero-order valence-electron chi connectivity index (χ0n) is 17.9. The first-order valence-corrected chi connectivity index (χ1v) is 11.2. The first-order valence-electron chi connectivity index (χ1n) is 10.4. The molecule has 1 aliphatic rings. The molecule has 0 aliphatic carbocycles. The maximum absolute atomic E-state index is 11.4. The number of nitrogens with zero attached hydrogens (tertiary/aromatic N) is 3. The lowest BCUT2D eigenvalue weighted by molar-refractivity contribution is -0.111. The van der Waals surface area contributed by atoms with Gasteiger partial charge in [0.25, 0.3) is 0 Å². The van der Waals surface area contributed by atoms with Gasteiger partial charge in [-0.25, -0.2) is 9.97 Å². The molecule has 1 fully saturated rings. The van der Waals surface area contributed by atoms with E-state index in [4.69, 9.17) is 9.72 Å². The second-order valence-corrected chi connectivity index (χ2v) is 8.34. The number of aromatic nitrogens is 2. The second-order valence-electron chi connectivity index (χ2n) is 7.27. The summed E-state index contributed by atoms with van der Waals surface area (Å²) in [5.74, 6) is 0.317. The molecule has 32 heavy (non-hydrogen) atoms. The minimum absolute atomic E-state index is 0.231. The Morgan fingerprint density at radius 1 is 1.09 bits per heavy atom. The van der Waals surface area contributed by atoms with Crippen LogP contribution in [0.2, 0.25) is 0 Å². The van der Waals surface area contributed by atoms with Crippen LogP contribution >= 0.6 is 11.8 Å². The van der Waals surface area contributed by atoms with Crippen molar-refractivity contribution in [2.45, 2.75) is 16.8 Å². The van der Waals surface area contributed by atoms with Crippen molar-refractivity contribution in [2.24, 2.45) is 0 Å². The number of ether oxygens (including phenoxy) is 1. The van der Waals surface area contributed by atoms with E-state index in [0.717, 1.165) is 53.2 Å². The molecule has 1 aliphatic heterocycles. The zero-order valence-corrected chi connectivity index (χ0v) is 18.7. The average molecular weight is 448 g/mol. The lowest BCUT2D eigenvalue weighted by Crippen LogP contribution is -2.36. The van der Waals surface area contributed by atoms with Crippen molar-refractivity contribution in [3.05, 3.63) is 72.9 Å². The van der Waals surface area contributed by atoms with Crippen molar-refractivity contribution in [3.8, 4) is 0 Å². The molecule has 2 N–H and O–H groups in total. The zero-order chi connectivity index (χ0) is 22.3. The number of hydrogen-bond donors (Lipinski definition) is 2. The summed E-state index contributed by atoms with van der Waals surface area (Å²) in [6, 6.07) is 15.9. The van der Waals surface area contributed by atoms with Crippen LogP contribution in [0.3, 0.4) is 0 Å². The molecule has 3 aromatic rings. The minimum Gasteiger partial charge on any atom is -0.378 e. The van der Waals surface area contributed by atoms with Crippen LogP contribution in [-0.4, -0.2) is 42.2 Å². The van der Waals surface area contributed by atoms with Gasteiger partial charge in [0.15, 0.2) is 0 Å². The van der Waals surface area contributed by atoms with Crippen molar-refractivity contribution in [3.63, 3.8) is 0 Å². The molecule has 164 valence electrons. The fourth-order valence-corrected chi connectivity index (χ4v) is 4.05. The van der Waals surface area contributed by atoms with Crippen molar-refractivity contribution in [2.75, 3.05) is 41.8 Å². The van der Waals surface area contributed by atoms with Crippen LogP contribution in [0, 0.1) is 6.92 Å². The van der Waals surface area contributed by atoms with Crippen LogP contribution < -0.4 is 15.5 Å². The molecule has 0 radical (unpaired) electrons. The van der Waals surface area contributed by atoms with Crippen LogP contribution in [0.15, 0.2) is 77.3 Å². The summed E-state index contributed by atoms with van der Waals surface area (Å²) < 4.78 is 5.42. The van der Waals surface area contributed by atoms with Crippen LogP contribution in [0.25, 0.3) is 0 Å². The van der Waals surface area contributed by atoms with Gasteiger partial charge in [-0.15, -0.1) is 0 Å². The van der Waals surface area contributed by atoms with E-state index >= 15 is 0 Å². The highest BCUT2D eigenvalue weighted by Gasteiger charge is 2.11. The van der Waals surface area contributed by atoms with Crippen LogP contribution in [-0.2, 0) is 9.53 Å². The first kappa shape index (κ1) is 21.9. The van der Waals surface area contributed by atoms with Gasteiger partial charge in [-0.3, -0.25) is 4.79 Å². The van der Waals surface area contributed by atoms with Gasteiger partial charge in [0.2, 0.25) is 11.9 Å². The molecule has 0 unspecified atom stereocenters. The molecule has 2 aromatic carbocycles. The summed E-state index contributed by atoms with van der Waals surface area (Å²) in [6.45, 7) is 8.81. The largest absolute Gasteiger partial charge is 0.378 e. The fourth-order valence-electron chi connectivity index (χ4n) is 3.21. The highest BCUT2D eigenvalue weighted by Crippen LogP contribution is 2.30. The number of rotatable bonds is 7. The summed E-state index contributed by atoms with van der Waals surface area (Å²) in [5, 5.41) is 6.90. The summed E-state index contributed by atoms with van der Waals surface area (Å²) in [6.07, 6.45) is 3.07. The molecule has 7 nitrogen and oxygen atoms in total. The number of anilines is 4. The van der Waals surface area contributed by atoms with E-state index in [9.17, 15) is 4.79 Å². The summed E-state index contributed by atoms with van der Waals surface area (Å²) in [7, 11) is 0. The number of morpholine rings is 1. The lowest BCUT2D eigenvalue weighted by atomic mass is 10.2.